The topological polar surface area (TPSA) is 40.1 Å². The van der Waals surface area contributed by atoms with Gasteiger partial charge in [-0.15, -0.1) is 0 Å². The number of carbonyl (C=O) groups is 1. The molecule has 2 aliphatic heterocycles. The van der Waals surface area contributed by atoms with Crippen LogP contribution in [0.1, 0.15) is 27.7 Å². The summed E-state index contributed by atoms with van der Waals surface area (Å²) in [6.45, 7) is 8.50. The molecular formula is C20H18O2Te2-. The SMILES string of the molecule is CC1=CC(=CC2=C([O-])C(=CC3=CC(C)=[Te]C(C)=C3)C2=O)C=C(C)[Te]1. The molecule has 0 aromatic carbocycles. The van der Waals surface area contributed by atoms with Gasteiger partial charge in [0.15, 0.2) is 0 Å². The van der Waals surface area contributed by atoms with Crippen molar-refractivity contribution in [2.75, 3.05) is 0 Å². The zero-order valence-electron chi connectivity index (χ0n) is 14.1. The number of hydrogen-bond acceptors (Lipinski definition) is 2. The summed E-state index contributed by atoms with van der Waals surface area (Å²) < 4.78 is 5.52. The molecular weight excluding hydrogens is 527 g/mol. The molecule has 4 heteroatoms. The van der Waals surface area contributed by atoms with E-state index in [-0.39, 0.29) is 52.9 Å². The van der Waals surface area contributed by atoms with Crippen LogP contribution in [-0.2, 0) is 4.79 Å². The number of ketones is 1. The third-order valence-electron chi connectivity index (χ3n) is 3.72. The van der Waals surface area contributed by atoms with Crippen LogP contribution in [0.3, 0.4) is 0 Å². The molecule has 2 nitrogen and oxygen atoms in total. The van der Waals surface area contributed by atoms with Crippen molar-refractivity contribution < 1.29 is 9.90 Å². The number of rotatable bonds is 2. The van der Waals surface area contributed by atoms with Gasteiger partial charge in [-0.1, -0.05) is 0 Å². The van der Waals surface area contributed by atoms with E-state index in [4.69, 9.17) is 0 Å². The normalized spacial score (nSPS) is 22.5. The fraction of sp³-hybridized carbons (Fsp3) is 0.200. The average Bonchev–Trinajstić information content (AvgIpc) is 2.48. The summed E-state index contributed by atoms with van der Waals surface area (Å²) in [5.41, 5.74) is 2.58. The van der Waals surface area contributed by atoms with Gasteiger partial charge < -0.3 is 0 Å². The second-order valence-corrected chi connectivity index (χ2v) is 14.5. The van der Waals surface area contributed by atoms with Gasteiger partial charge in [-0.25, -0.2) is 0 Å². The van der Waals surface area contributed by atoms with Crippen molar-refractivity contribution in [2.45, 2.75) is 27.7 Å². The van der Waals surface area contributed by atoms with Gasteiger partial charge in [-0.3, -0.25) is 0 Å². The summed E-state index contributed by atoms with van der Waals surface area (Å²) in [5.74, 6) is -0.253. The van der Waals surface area contributed by atoms with Crippen LogP contribution in [0.25, 0.3) is 0 Å². The van der Waals surface area contributed by atoms with Gasteiger partial charge in [0.1, 0.15) is 0 Å². The third-order valence-corrected chi connectivity index (χ3v) is 8.75. The van der Waals surface area contributed by atoms with Crippen LogP contribution in [0.5, 0.6) is 0 Å². The van der Waals surface area contributed by atoms with Crippen LogP contribution in [0.4, 0.5) is 0 Å². The number of carbonyl (C=O) groups excluding carboxylic acids is 1. The second kappa shape index (κ2) is 7.15. The molecule has 2 heterocycles. The number of hydrogen-bond donors (Lipinski definition) is 0. The van der Waals surface area contributed by atoms with Crippen LogP contribution >= 0.6 is 0 Å². The number of Topliss-reactive ketones (excluding diaryl/α,β-unsaturated/α-hetero) is 1. The molecule has 0 atom stereocenters. The Morgan fingerprint density at radius 1 is 0.917 bits per heavy atom. The van der Waals surface area contributed by atoms with E-state index in [0.29, 0.717) is 11.1 Å². The Hall–Kier alpha value is -0.901. The fourth-order valence-electron chi connectivity index (χ4n) is 2.84. The van der Waals surface area contributed by atoms with Crippen molar-refractivity contribution >= 4 is 50.7 Å². The Kier molecular flexibility index (Phi) is 5.33. The van der Waals surface area contributed by atoms with Gasteiger partial charge in [-0.2, -0.15) is 0 Å². The van der Waals surface area contributed by atoms with Gasteiger partial charge >= 0.3 is 164 Å². The summed E-state index contributed by atoms with van der Waals surface area (Å²) in [4.78, 5) is 12.4. The van der Waals surface area contributed by atoms with Crippen molar-refractivity contribution in [3.05, 3.63) is 75.4 Å². The Morgan fingerprint density at radius 2 is 1.58 bits per heavy atom. The van der Waals surface area contributed by atoms with E-state index in [9.17, 15) is 9.90 Å². The van der Waals surface area contributed by atoms with E-state index in [2.05, 4.69) is 52.0 Å². The number of allylic oxidation sites excluding steroid dienone is 13. The monoisotopic (exact) mass is 550 g/mol. The third kappa shape index (κ3) is 3.84. The van der Waals surface area contributed by atoms with Crippen LogP contribution in [-0.4, -0.2) is 50.7 Å². The molecule has 24 heavy (non-hydrogen) atoms. The predicted octanol–water partition coefficient (Wildman–Crippen LogP) is 2.30. The standard InChI is InChI=1S/C20H19O2Te2/c1-11-5-15(6-12(2)23-11)9-17-19(21)18(20(17)22)10-16-7-13(3)24-14(4)8-16/h5-10,21H,1-4H3/p-1. The minimum atomic E-state index is -0.204. The molecule has 3 rings (SSSR count). The van der Waals surface area contributed by atoms with E-state index in [1.807, 2.05) is 0 Å². The molecule has 0 aromatic heterocycles. The van der Waals surface area contributed by atoms with Crippen molar-refractivity contribution in [1.82, 2.24) is 0 Å². The molecule has 0 spiro atoms. The van der Waals surface area contributed by atoms with E-state index >= 15 is 0 Å². The Balaban J connectivity index is 1.92. The zero-order valence-corrected chi connectivity index (χ0v) is 18.8. The first kappa shape index (κ1) is 17.9. The zero-order chi connectivity index (χ0) is 17.4. The Labute approximate surface area is 162 Å². The maximum absolute atomic E-state index is 12.4. The second-order valence-electron chi connectivity index (χ2n) is 6.00. The fourth-order valence-corrected chi connectivity index (χ4v) is 7.97. The summed E-state index contributed by atoms with van der Waals surface area (Å²) in [7, 11) is 0. The molecule has 1 radical (unpaired) electrons. The Morgan fingerprint density at radius 3 is 2.17 bits per heavy atom. The van der Waals surface area contributed by atoms with Crippen molar-refractivity contribution in [3.63, 3.8) is 0 Å². The van der Waals surface area contributed by atoms with Crippen LogP contribution in [0, 0.1) is 0 Å². The first-order chi connectivity index (χ1) is 11.3. The Bertz CT molecular complexity index is 862. The van der Waals surface area contributed by atoms with E-state index < -0.39 is 0 Å². The van der Waals surface area contributed by atoms with Crippen LogP contribution < -0.4 is 5.11 Å². The van der Waals surface area contributed by atoms with Gasteiger partial charge in [-0.05, 0) is 0 Å². The van der Waals surface area contributed by atoms with Crippen molar-refractivity contribution in [2.24, 2.45) is 0 Å². The molecule has 0 unspecified atom stereocenters. The van der Waals surface area contributed by atoms with Crippen molar-refractivity contribution in [3.8, 4) is 0 Å². The first-order valence-electron chi connectivity index (χ1n) is 7.69. The predicted molar refractivity (Wildman–Crippen MR) is 99.7 cm³/mol. The van der Waals surface area contributed by atoms with Crippen molar-refractivity contribution in [1.29, 1.82) is 0 Å². The first-order valence-corrected chi connectivity index (χ1v) is 12.3. The average molecular weight is 546 g/mol. The molecule has 0 aromatic rings. The van der Waals surface area contributed by atoms with Gasteiger partial charge in [0.25, 0.3) is 0 Å². The summed E-state index contributed by atoms with van der Waals surface area (Å²) in [5, 5.41) is 12.4. The maximum atomic E-state index is 12.4. The van der Waals surface area contributed by atoms with Gasteiger partial charge in [0.05, 0.1) is 0 Å². The molecule has 0 bridgehead atoms. The van der Waals surface area contributed by atoms with E-state index in [1.54, 1.807) is 12.2 Å². The summed E-state index contributed by atoms with van der Waals surface area (Å²) in [6.07, 6.45) is 11.9. The van der Waals surface area contributed by atoms with Crippen LogP contribution in [0.2, 0.25) is 0 Å². The summed E-state index contributed by atoms with van der Waals surface area (Å²) >= 11 is -0.409. The summed E-state index contributed by atoms with van der Waals surface area (Å²) in [6, 6.07) is 0. The molecule has 0 N–H and O–H groups in total. The van der Waals surface area contributed by atoms with E-state index in [1.165, 1.54) is 14.4 Å². The van der Waals surface area contributed by atoms with Gasteiger partial charge in [0.2, 0.25) is 0 Å². The minimum absolute atomic E-state index is 0.127. The molecule has 3 aliphatic rings. The molecule has 0 amide bonds. The molecule has 0 saturated carbocycles. The quantitative estimate of drug-likeness (QED) is 0.395. The van der Waals surface area contributed by atoms with E-state index in [0.717, 1.165) is 11.1 Å². The molecule has 123 valence electrons. The molecule has 0 fully saturated rings. The molecule has 1 aliphatic carbocycles. The van der Waals surface area contributed by atoms with Gasteiger partial charge in [0, 0.05) is 0 Å². The molecule has 0 saturated heterocycles. The van der Waals surface area contributed by atoms with Crippen LogP contribution in [0.15, 0.2) is 75.4 Å².